The maximum Gasteiger partial charge on any atom is 0.222 e. The number of aromatic nitrogens is 2. The summed E-state index contributed by atoms with van der Waals surface area (Å²) in [5.74, 6) is 1.19. The summed E-state index contributed by atoms with van der Waals surface area (Å²) in [5, 5.41) is 6.87. The van der Waals surface area contributed by atoms with Crippen molar-refractivity contribution in [1.29, 1.82) is 0 Å². The van der Waals surface area contributed by atoms with Crippen molar-refractivity contribution in [2.45, 2.75) is 25.4 Å². The van der Waals surface area contributed by atoms with Gasteiger partial charge in [-0.2, -0.15) is 4.98 Å². The third-order valence-electron chi connectivity index (χ3n) is 4.75. The highest BCUT2D eigenvalue weighted by atomic mass is 16.5. The Labute approximate surface area is 141 Å². The van der Waals surface area contributed by atoms with Gasteiger partial charge in [0.2, 0.25) is 5.95 Å². The Bertz CT molecular complexity index is 733. The van der Waals surface area contributed by atoms with E-state index in [1.54, 1.807) is 0 Å². The Hall–Kier alpha value is -2.18. The van der Waals surface area contributed by atoms with Gasteiger partial charge >= 0.3 is 0 Å². The molecule has 0 radical (unpaired) electrons. The normalized spacial score (nSPS) is 19.9. The quantitative estimate of drug-likeness (QED) is 0.792. The second-order valence-corrected chi connectivity index (χ2v) is 6.29. The average Bonchev–Trinajstić information content (AvgIpc) is 2.85. The molecule has 0 bridgehead atoms. The van der Waals surface area contributed by atoms with Gasteiger partial charge in [0.15, 0.2) is 0 Å². The van der Waals surface area contributed by atoms with Gasteiger partial charge in [0.25, 0.3) is 0 Å². The predicted octanol–water partition coefficient (Wildman–Crippen LogP) is 1.47. The SMILES string of the molecule is Nc1nc2c(c(NC[C@@H]3OCCc4ccccc43)n1)CCNCC2. The Morgan fingerprint density at radius 1 is 1.17 bits per heavy atom. The molecular weight excluding hydrogens is 302 g/mol. The Balaban J connectivity index is 1.56. The van der Waals surface area contributed by atoms with Gasteiger partial charge in [0.1, 0.15) is 5.82 Å². The highest BCUT2D eigenvalue weighted by molar-refractivity contribution is 5.51. The zero-order valence-corrected chi connectivity index (χ0v) is 13.7. The van der Waals surface area contributed by atoms with Crippen LogP contribution in [0, 0.1) is 0 Å². The summed E-state index contributed by atoms with van der Waals surface area (Å²) in [5.41, 5.74) is 10.8. The Kier molecular flexibility index (Phi) is 4.32. The van der Waals surface area contributed by atoms with Gasteiger partial charge in [0, 0.05) is 25.1 Å². The standard InChI is InChI=1S/C18H23N5O/c19-18-22-15-6-9-20-8-5-14(15)17(23-18)21-11-16-13-4-2-1-3-12(13)7-10-24-16/h1-4,16,20H,5-11H2,(H3,19,21,22,23)/t16-/m0/s1. The lowest BCUT2D eigenvalue weighted by molar-refractivity contribution is 0.0513. The molecule has 0 aliphatic carbocycles. The molecule has 2 aromatic rings. The van der Waals surface area contributed by atoms with Crippen molar-refractivity contribution < 1.29 is 4.74 Å². The maximum atomic E-state index is 5.98. The zero-order chi connectivity index (χ0) is 16.4. The van der Waals surface area contributed by atoms with Crippen molar-refractivity contribution in [3.63, 3.8) is 0 Å². The average molecular weight is 325 g/mol. The Morgan fingerprint density at radius 3 is 3.00 bits per heavy atom. The number of fused-ring (bicyclic) bond motifs is 2. The van der Waals surface area contributed by atoms with Crippen molar-refractivity contribution in [2.75, 3.05) is 37.3 Å². The van der Waals surface area contributed by atoms with Crippen LogP contribution in [-0.4, -0.2) is 36.2 Å². The minimum atomic E-state index is 0.0469. The summed E-state index contributed by atoms with van der Waals surface area (Å²) in [6, 6.07) is 8.50. The first-order valence-electron chi connectivity index (χ1n) is 8.60. The van der Waals surface area contributed by atoms with E-state index < -0.39 is 0 Å². The maximum absolute atomic E-state index is 5.98. The van der Waals surface area contributed by atoms with Crippen LogP contribution in [0.3, 0.4) is 0 Å². The molecule has 1 aromatic heterocycles. The number of nitrogens with zero attached hydrogens (tertiary/aromatic N) is 2. The number of nitrogen functional groups attached to an aromatic ring is 1. The van der Waals surface area contributed by atoms with E-state index in [0.717, 1.165) is 50.5 Å². The lowest BCUT2D eigenvalue weighted by Crippen LogP contribution is -2.24. The molecular formula is C18H23N5O. The van der Waals surface area contributed by atoms with E-state index >= 15 is 0 Å². The second kappa shape index (κ2) is 6.75. The van der Waals surface area contributed by atoms with Crippen LogP contribution in [0.1, 0.15) is 28.5 Å². The number of nitrogens with two attached hydrogens (primary N) is 1. The first kappa shape index (κ1) is 15.4. The lowest BCUT2D eigenvalue weighted by atomic mass is 9.97. The van der Waals surface area contributed by atoms with Gasteiger partial charge < -0.3 is 21.1 Å². The number of rotatable bonds is 3. The molecule has 0 unspecified atom stereocenters. The molecule has 0 fully saturated rings. The molecule has 1 aromatic carbocycles. The van der Waals surface area contributed by atoms with E-state index in [2.05, 4.69) is 44.9 Å². The summed E-state index contributed by atoms with van der Waals surface area (Å²) >= 11 is 0. The van der Waals surface area contributed by atoms with Crippen LogP contribution >= 0.6 is 0 Å². The van der Waals surface area contributed by atoms with E-state index in [1.165, 1.54) is 16.7 Å². The molecule has 2 aliphatic heterocycles. The van der Waals surface area contributed by atoms with Crippen LogP contribution in [0.5, 0.6) is 0 Å². The molecule has 126 valence electrons. The van der Waals surface area contributed by atoms with Crippen molar-refractivity contribution in [3.8, 4) is 0 Å². The van der Waals surface area contributed by atoms with Crippen molar-refractivity contribution in [1.82, 2.24) is 15.3 Å². The molecule has 1 atom stereocenters. The minimum Gasteiger partial charge on any atom is -0.371 e. The van der Waals surface area contributed by atoms with Gasteiger partial charge in [-0.3, -0.25) is 0 Å². The van der Waals surface area contributed by atoms with Crippen LogP contribution in [0.2, 0.25) is 0 Å². The molecule has 2 aliphatic rings. The fraction of sp³-hybridized carbons (Fsp3) is 0.444. The second-order valence-electron chi connectivity index (χ2n) is 6.29. The summed E-state index contributed by atoms with van der Waals surface area (Å²) in [6.45, 7) is 3.32. The molecule has 3 heterocycles. The molecule has 0 saturated heterocycles. The fourth-order valence-electron chi connectivity index (χ4n) is 3.55. The molecule has 0 amide bonds. The van der Waals surface area contributed by atoms with Crippen LogP contribution in [0.25, 0.3) is 0 Å². The van der Waals surface area contributed by atoms with E-state index in [9.17, 15) is 0 Å². The molecule has 0 saturated carbocycles. The van der Waals surface area contributed by atoms with Gasteiger partial charge in [-0.1, -0.05) is 24.3 Å². The van der Waals surface area contributed by atoms with Gasteiger partial charge in [-0.05, 0) is 30.5 Å². The molecule has 6 heteroatoms. The van der Waals surface area contributed by atoms with Gasteiger partial charge in [-0.25, -0.2) is 4.98 Å². The third-order valence-corrected chi connectivity index (χ3v) is 4.75. The third kappa shape index (κ3) is 3.07. The monoisotopic (exact) mass is 325 g/mol. The van der Waals surface area contributed by atoms with E-state index in [4.69, 9.17) is 10.5 Å². The number of nitrogens with one attached hydrogen (secondary N) is 2. The van der Waals surface area contributed by atoms with E-state index in [1.807, 2.05) is 0 Å². The number of ether oxygens (including phenoxy) is 1. The first-order valence-corrected chi connectivity index (χ1v) is 8.60. The summed E-state index contributed by atoms with van der Waals surface area (Å²) in [7, 11) is 0. The van der Waals surface area contributed by atoms with Crippen LogP contribution in [-0.2, 0) is 24.0 Å². The summed E-state index contributed by atoms with van der Waals surface area (Å²) < 4.78 is 5.98. The van der Waals surface area contributed by atoms with Gasteiger partial charge in [-0.15, -0.1) is 0 Å². The number of benzene rings is 1. The topological polar surface area (TPSA) is 85.1 Å². The first-order chi connectivity index (χ1) is 11.8. The molecule has 6 nitrogen and oxygen atoms in total. The van der Waals surface area contributed by atoms with Crippen molar-refractivity contribution >= 4 is 11.8 Å². The lowest BCUT2D eigenvalue weighted by Gasteiger charge is -2.27. The Morgan fingerprint density at radius 2 is 2.04 bits per heavy atom. The largest absolute Gasteiger partial charge is 0.371 e. The van der Waals surface area contributed by atoms with E-state index in [-0.39, 0.29) is 6.10 Å². The molecule has 4 N–H and O–H groups in total. The zero-order valence-electron chi connectivity index (χ0n) is 13.7. The van der Waals surface area contributed by atoms with Crippen molar-refractivity contribution in [2.24, 2.45) is 0 Å². The molecule has 24 heavy (non-hydrogen) atoms. The van der Waals surface area contributed by atoms with Crippen LogP contribution in [0.4, 0.5) is 11.8 Å². The smallest absolute Gasteiger partial charge is 0.222 e. The summed E-state index contributed by atoms with van der Waals surface area (Å²) in [6.07, 6.45) is 2.83. The molecule has 0 spiro atoms. The minimum absolute atomic E-state index is 0.0469. The number of anilines is 2. The molecule has 4 rings (SSSR count). The highest BCUT2D eigenvalue weighted by Crippen LogP contribution is 2.28. The number of hydrogen-bond acceptors (Lipinski definition) is 6. The number of hydrogen-bond donors (Lipinski definition) is 3. The van der Waals surface area contributed by atoms with Crippen molar-refractivity contribution in [3.05, 3.63) is 46.6 Å². The predicted molar refractivity (Wildman–Crippen MR) is 94.1 cm³/mol. The van der Waals surface area contributed by atoms with Gasteiger partial charge in [0.05, 0.1) is 18.4 Å². The fourth-order valence-corrected chi connectivity index (χ4v) is 3.55. The summed E-state index contributed by atoms with van der Waals surface area (Å²) in [4.78, 5) is 8.86. The highest BCUT2D eigenvalue weighted by Gasteiger charge is 2.22. The van der Waals surface area contributed by atoms with E-state index in [0.29, 0.717) is 12.5 Å². The van der Waals surface area contributed by atoms with Crippen LogP contribution < -0.4 is 16.4 Å². The van der Waals surface area contributed by atoms with Crippen LogP contribution in [0.15, 0.2) is 24.3 Å².